The molecule has 1 atom stereocenters. The molecule has 1 N–H and O–H groups in total. The Bertz CT molecular complexity index is 902. The highest BCUT2D eigenvalue weighted by Gasteiger charge is 2.31. The summed E-state index contributed by atoms with van der Waals surface area (Å²) >= 11 is 0. The number of carbonyl (C=O) groups is 1. The van der Waals surface area contributed by atoms with E-state index in [1.54, 1.807) is 42.3 Å². The van der Waals surface area contributed by atoms with Crippen LogP contribution >= 0.6 is 0 Å². The first-order valence-corrected chi connectivity index (χ1v) is 9.96. The fraction of sp³-hybridized carbons (Fsp3) is 0.353. The lowest BCUT2D eigenvalue weighted by Gasteiger charge is -2.23. The maximum atomic E-state index is 13.6. The largest absolute Gasteiger partial charge is 0.354 e. The van der Waals surface area contributed by atoms with Crippen LogP contribution in [0.4, 0.5) is 16.0 Å². The molecule has 138 valence electrons. The van der Waals surface area contributed by atoms with E-state index in [2.05, 4.69) is 15.5 Å². The zero-order chi connectivity index (χ0) is 18.7. The quantitative estimate of drug-likeness (QED) is 0.846. The van der Waals surface area contributed by atoms with Gasteiger partial charge in [-0.2, -0.15) is 0 Å². The summed E-state index contributed by atoms with van der Waals surface area (Å²) in [5, 5.41) is 10.6. The van der Waals surface area contributed by atoms with Gasteiger partial charge in [-0.1, -0.05) is 18.2 Å². The van der Waals surface area contributed by atoms with Gasteiger partial charge in [0.1, 0.15) is 5.82 Å². The second-order valence-corrected chi connectivity index (χ2v) is 8.49. The van der Waals surface area contributed by atoms with Crippen LogP contribution < -0.4 is 10.2 Å². The third-order valence-corrected chi connectivity index (χ3v) is 6.09. The summed E-state index contributed by atoms with van der Waals surface area (Å²) in [5.74, 6) is 0.234. The van der Waals surface area contributed by atoms with Crippen LogP contribution in [0.1, 0.15) is 12.0 Å². The lowest BCUT2D eigenvalue weighted by molar-refractivity contribution is -0.115. The number of halogens is 1. The minimum absolute atomic E-state index is 0.101. The smallest absolute Gasteiger partial charge is 0.230 e. The number of carbonyl (C=O) groups excluding carboxylic acids is 1. The van der Waals surface area contributed by atoms with Crippen molar-refractivity contribution in [3.05, 3.63) is 47.8 Å². The summed E-state index contributed by atoms with van der Waals surface area (Å²) < 4.78 is 36.8. The molecule has 9 heteroatoms. The van der Waals surface area contributed by atoms with Gasteiger partial charge >= 0.3 is 0 Å². The van der Waals surface area contributed by atoms with Crippen molar-refractivity contribution >= 4 is 27.4 Å². The van der Waals surface area contributed by atoms with Crippen molar-refractivity contribution in [3.63, 3.8) is 0 Å². The number of hydrogen-bond acceptors (Lipinski definition) is 6. The predicted octanol–water partition coefficient (Wildman–Crippen LogP) is 1.42. The zero-order valence-corrected chi connectivity index (χ0v) is 15.0. The van der Waals surface area contributed by atoms with Crippen molar-refractivity contribution in [1.29, 1.82) is 0 Å². The molecule has 1 aliphatic heterocycles. The summed E-state index contributed by atoms with van der Waals surface area (Å²) in [6.07, 6.45) is 0.456. The van der Waals surface area contributed by atoms with Crippen molar-refractivity contribution in [2.24, 2.45) is 0 Å². The molecule has 1 aromatic heterocycles. The van der Waals surface area contributed by atoms with E-state index in [0.717, 1.165) is 0 Å². The average Bonchev–Trinajstić information content (AvgIpc) is 2.97. The standard InChI is InChI=1S/C17H19FN4O3S/c1-22(13-8-9-26(24,25)11-13)16-7-6-15(20-21-16)19-17(23)10-12-4-2-3-5-14(12)18/h2-7,13H,8-11H2,1H3,(H,19,20,23). The Hall–Kier alpha value is -2.55. The van der Waals surface area contributed by atoms with Crippen molar-refractivity contribution in [2.45, 2.75) is 18.9 Å². The molecule has 1 aliphatic rings. The molecule has 0 bridgehead atoms. The maximum Gasteiger partial charge on any atom is 0.230 e. The van der Waals surface area contributed by atoms with E-state index in [-0.39, 0.29) is 29.8 Å². The average molecular weight is 378 g/mol. The Morgan fingerprint density at radius 1 is 1.27 bits per heavy atom. The SMILES string of the molecule is CN(c1ccc(NC(=O)Cc2ccccc2F)nn1)C1CCS(=O)(=O)C1. The summed E-state index contributed by atoms with van der Waals surface area (Å²) in [5.41, 5.74) is 0.303. The van der Waals surface area contributed by atoms with Crippen LogP contribution in [0, 0.1) is 5.82 Å². The molecule has 3 rings (SSSR count). The molecular weight excluding hydrogens is 359 g/mol. The van der Waals surface area contributed by atoms with Crippen molar-refractivity contribution in [3.8, 4) is 0 Å². The fourth-order valence-corrected chi connectivity index (χ4v) is 4.62. The second kappa shape index (κ2) is 7.36. The number of amides is 1. The Morgan fingerprint density at radius 2 is 2.04 bits per heavy atom. The lowest BCUT2D eigenvalue weighted by Crippen LogP contribution is -2.33. The normalized spacial score (nSPS) is 18.5. The van der Waals surface area contributed by atoms with E-state index < -0.39 is 21.6 Å². The highest BCUT2D eigenvalue weighted by molar-refractivity contribution is 7.91. The Kier molecular flexibility index (Phi) is 5.17. The van der Waals surface area contributed by atoms with Gasteiger partial charge in [0, 0.05) is 13.1 Å². The Morgan fingerprint density at radius 3 is 2.65 bits per heavy atom. The molecule has 26 heavy (non-hydrogen) atoms. The number of rotatable bonds is 5. The molecule has 0 aliphatic carbocycles. The fourth-order valence-electron chi connectivity index (χ4n) is 2.85. The number of nitrogens with one attached hydrogen (secondary N) is 1. The second-order valence-electron chi connectivity index (χ2n) is 6.26. The Labute approximate surface area is 151 Å². The van der Waals surface area contributed by atoms with Crippen molar-refractivity contribution < 1.29 is 17.6 Å². The van der Waals surface area contributed by atoms with Crippen LogP contribution in [0.25, 0.3) is 0 Å². The summed E-state index contributed by atoms with van der Waals surface area (Å²) in [7, 11) is -1.21. The lowest BCUT2D eigenvalue weighted by atomic mass is 10.1. The number of nitrogens with zero attached hydrogens (tertiary/aromatic N) is 3. The highest BCUT2D eigenvalue weighted by Crippen LogP contribution is 2.21. The van der Waals surface area contributed by atoms with Crippen molar-refractivity contribution in [1.82, 2.24) is 10.2 Å². The van der Waals surface area contributed by atoms with E-state index in [9.17, 15) is 17.6 Å². The number of aromatic nitrogens is 2. The molecule has 1 fully saturated rings. The van der Waals surface area contributed by atoms with Gasteiger partial charge in [-0.3, -0.25) is 4.79 Å². The molecule has 1 unspecified atom stereocenters. The topological polar surface area (TPSA) is 92.3 Å². The number of benzene rings is 1. The number of anilines is 2. The van der Waals surface area contributed by atoms with Crippen LogP contribution in [0.15, 0.2) is 36.4 Å². The highest BCUT2D eigenvalue weighted by atomic mass is 32.2. The molecule has 0 radical (unpaired) electrons. The number of sulfone groups is 1. The third kappa shape index (κ3) is 4.34. The van der Waals surface area contributed by atoms with Gasteiger partial charge in [-0.05, 0) is 30.2 Å². The van der Waals surface area contributed by atoms with Crippen LogP contribution in [0.3, 0.4) is 0 Å². The van der Waals surface area contributed by atoms with Gasteiger partial charge < -0.3 is 10.2 Å². The first-order chi connectivity index (χ1) is 12.3. The van der Waals surface area contributed by atoms with E-state index in [1.165, 1.54) is 6.07 Å². The van der Waals surface area contributed by atoms with Gasteiger partial charge in [0.25, 0.3) is 0 Å². The molecule has 0 spiro atoms. The summed E-state index contributed by atoms with van der Waals surface area (Å²) in [4.78, 5) is 13.8. The van der Waals surface area contributed by atoms with E-state index in [0.29, 0.717) is 17.8 Å². The van der Waals surface area contributed by atoms with E-state index in [1.807, 2.05) is 0 Å². The van der Waals surface area contributed by atoms with Crippen LogP contribution in [-0.4, -0.2) is 49.1 Å². The first kappa shape index (κ1) is 18.2. The van der Waals surface area contributed by atoms with Gasteiger partial charge in [0.05, 0.1) is 17.9 Å². The van der Waals surface area contributed by atoms with Gasteiger partial charge in [-0.25, -0.2) is 12.8 Å². The van der Waals surface area contributed by atoms with Gasteiger partial charge in [0.2, 0.25) is 5.91 Å². The minimum atomic E-state index is -2.98. The molecule has 2 aromatic rings. The molecule has 7 nitrogen and oxygen atoms in total. The van der Waals surface area contributed by atoms with E-state index >= 15 is 0 Å². The predicted molar refractivity (Wildman–Crippen MR) is 96.2 cm³/mol. The Balaban J connectivity index is 1.61. The molecule has 1 aromatic carbocycles. The van der Waals surface area contributed by atoms with Gasteiger partial charge in [0.15, 0.2) is 21.5 Å². The van der Waals surface area contributed by atoms with Gasteiger partial charge in [-0.15, -0.1) is 10.2 Å². The molecule has 2 heterocycles. The number of hydrogen-bond donors (Lipinski definition) is 1. The molecule has 1 saturated heterocycles. The minimum Gasteiger partial charge on any atom is -0.354 e. The summed E-state index contributed by atoms with van der Waals surface area (Å²) in [6.45, 7) is 0. The van der Waals surface area contributed by atoms with Crippen LogP contribution in [0.2, 0.25) is 0 Å². The summed E-state index contributed by atoms with van der Waals surface area (Å²) in [6, 6.07) is 9.20. The van der Waals surface area contributed by atoms with Crippen LogP contribution in [0.5, 0.6) is 0 Å². The van der Waals surface area contributed by atoms with Crippen molar-refractivity contribution in [2.75, 3.05) is 28.8 Å². The molecular formula is C17H19FN4O3S. The molecule has 1 amide bonds. The third-order valence-electron chi connectivity index (χ3n) is 4.34. The zero-order valence-electron chi connectivity index (χ0n) is 14.2. The maximum absolute atomic E-state index is 13.6. The first-order valence-electron chi connectivity index (χ1n) is 8.14. The molecule has 0 saturated carbocycles. The monoisotopic (exact) mass is 378 g/mol. The van der Waals surface area contributed by atoms with Crippen LogP contribution in [-0.2, 0) is 21.1 Å². The van der Waals surface area contributed by atoms with E-state index in [4.69, 9.17) is 0 Å².